The summed E-state index contributed by atoms with van der Waals surface area (Å²) in [5.74, 6) is 0.129. The molecule has 2 saturated heterocycles. The van der Waals surface area contributed by atoms with Gasteiger partial charge in [0.2, 0.25) is 5.91 Å². The van der Waals surface area contributed by atoms with E-state index in [-0.39, 0.29) is 11.9 Å². The number of benzene rings is 1. The molecule has 2 heterocycles. The fourth-order valence-corrected chi connectivity index (χ4v) is 3.94. The van der Waals surface area contributed by atoms with Crippen molar-refractivity contribution in [3.63, 3.8) is 0 Å². The van der Waals surface area contributed by atoms with Crippen LogP contribution in [0.25, 0.3) is 0 Å². The second-order valence-corrected chi connectivity index (χ2v) is 7.01. The maximum atomic E-state index is 12.7. The van der Waals surface area contributed by atoms with Gasteiger partial charge in [-0.1, -0.05) is 30.3 Å². The Morgan fingerprint density at radius 2 is 2.00 bits per heavy atom. The molecule has 3 N–H and O–H groups in total. The molecule has 1 aromatic rings. The van der Waals surface area contributed by atoms with E-state index in [0.717, 1.165) is 18.4 Å². The minimum Gasteiger partial charge on any atom is -0.390 e. The molecule has 3 rings (SSSR count). The fourth-order valence-electron chi connectivity index (χ4n) is 3.94. The number of fused-ring (bicyclic) bond motifs is 1. The van der Waals surface area contributed by atoms with E-state index in [4.69, 9.17) is 0 Å². The minimum atomic E-state index is -0.818. The van der Waals surface area contributed by atoms with Gasteiger partial charge in [0.05, 0.1) is 17.7 Å². The lowest BCUT2D eigenvalue weighted by molar-refractivity contribution is -0.139. The van der Waals surface area contributed by atoms with Gasteiger partial charge in [-0.2, -0.15) is 0 Å². The van der Waals surface area contributed by atoms with Crippen LogP contribution in [0.3, 0.4) is 0 Å². The van der Waals surface area contributed by atoms with Crippen molar-refractivity contribution in [2.75, 3.05) is 6.54 Å². The number of aliphatic hydroxyl groups is 2. The summed E-state index contributed by atoms with van der Waals surface area (Å²) >= 11 is 0. The third-order valence-electron chi connectivity index (χ3n) is 5.38. The molecular weight excluding hydrogens is 292 g/mol. The maximum absolute atomic E-state index is 12.7. The molecule has 0 aromatic heterocycles. The summed E-state index contributed by atoms with van der Waals surface area (Å²) in [6.07, 6.45) is 1.05. The van der Waals surface area contributed by atoms with Crippen molar-refractivity contribution in [1.29, 1.82) is 0 Å². The van der Waals surface area contributed by atoms with E-state index in [2.05, 4.69) is 5.32 Å². The molecule has 1 aromatic carbocycles. The molecule has 2 aliphatic rings. The molecule has 0 saturated carbocycles. The highest BCUT2D eigenvalue weighted by Gasteiger charge is 2.47. The monoisotopic (exact) mass is 318 g/mol. The zero-order chi connectivity index (χ0) is 16.4. The number of nitrogens with one attached hydrogen (secondary N) is 1. The van der Waals surface area contributed by atoms with Crippen molar-refractivity contribution < 1.29 is 15.0 Å². The Kier molecular flexibility index (Phi) is 4.71. The number of hydrogen-bond acceptors (Lipinski definition) is 4. The van der Waals surface area contributed by atoms with Gasteiger partial charge in [-0.15, -0.1) is 0 Å². The van der Waals surface area contributed by atoms with Crippen molar-refractivity contribution in [2.24, 2.45) is 0 Å². The molecule has 0 bridgehead atoms. The Morgan fingerprint density at radius 1 is 1.26 bits per heavy atom. The first-order chi connectivity index (χ1) is 11.0. The highest BCUT2D eigenvalue weighted by atomic mass is 16.3. The van der Waals surface area contributed by atoms with Crippen LogP contribution in [0.2, 0.25) is 0 Å². The van der Waals surface area contributed by atoms with Gasteiger partial charge in [0.25, 0.3) is 0 Å². The summed E-state index contributed by atoms with van der Waals surface area (Å²) in [6.45, 7) is 2.95. The van der Waals surface area contributed by atoms with Crippen molar-refractivity contribution in [3.05, 3.63) is 35.9 Å². The maximum Gasteiger partial charge on any atom is 0.223 e. The van der Waals surface area contributed by atoms with Crippen LogP contribution < -0.4 is 5.32 Å². The SMILES string of the molecule is C[C@]12C[C@@H](O)[C@@H](O)CN[C@@H]1CCCC(=O)N2Cc1ccccc1. The van der Waals surface area contributed by atoms with E-state index in [1.807, 2.05) is 42.2 Å². The smallest absolute Gasteiger partial charge is 0.223 e. The third-order valence-corrected chi connectivity index (χ3v) is 5.38. The molecule has 4 atom stereocenters. The predicted molar refractivity (Wildman–Crippen MR) is 87.7 cm³/mol. The Hall–Kier alpha value is -1.43. The average molecular weight is 318 g/mol. The van der Waals surface area contributed by atoms with E-state index in [1.54, 1.807) is 0 Å². The first kappa shape index (κ1) is 16.4. The molecule has 0 unspecified atom stereocenters. The van der Waals surface area contributed by atoms with Gasteiger partial charge in [0, 0.05) is 32.0 Å². The number of carbonyl (C=O) groups excluding carboxylic acids is 1. The average Bonchev–Trinajstić information content (AvgIpc) is 2.71. The van der Waals surface area contributed by atoms with Crippen LogP contribution in [0.4, 0.5) is 0 Å². The van der Waals surface area contributed by atoms with Gasteiger partial charge in [0.15, 0.2) is 0 Å². The Morgan fingerprint density at radius 3 is 2.74 bits per heavy atom. The lowest BCUT2D eigenvalue weighted by Gasteiger charge is -2.45. The predicted octanol–water partition coefficient (Wildman–Crippen LogP) is 1.04. The highest BCUT2D eigenvalue weighted by Crippen LogP contribution is 2.35. The van der Waals surface area contributed by atoms with E-state index in [0.29, 0.717) is 25.9 Å². The zero-order valence-electron chi connectivity index (χ0n) is 13.6. The number of nitrogens with zero attached hydrogens (tertiary/aromatic N) is 1. The van der Waals surface area contributed by atoms with E-state index < -0.39 is 17.7 Å². The van der Waals surface area contributed by atoms with Crippen LogP contribution in [0.15, 0.2) is 30.3 Å². The Bertz CT molecular complexity index is 550. The number of hydrogen-bond donors (Lipinski definition) is 3. The standard InChI is InChI=1S/C18H26N2O3/c1-18-10-14(21)15(22)11-19-16(18)8-5-9-17(23)20(18)12-13-6-3-2-4-7-13/h2-4,6-7,14-16,19,21-22H,5,8-12H2,1H3/t14-,15+,16-,18+/m1/s1. The quantitative estimate of drug-likeness (QED) is 0.762. The molecule has 0 radical (unpaired) electrons. The zero-order valence-corrected chi connectivity index (χ0v) is 13.6. The summed E-state index contributed by atoms with van der Waals surface area (Å²) in [5.41, 5.74) is 0.586. The van der Waals surface area contributed by atoms with E-state index in [9.17, 15) is 15.0 Å². The largest absolute Gasteiger partial charge is 0.390 e. The van der Waals surface area contributed by atoms with Crippen LogP contribution in [0.1, 0.15) is 38.2 Å². The van der Waals surface area contributed by atoms with Crippen LogP contribution >= 0.6 is 0 Å². The Balaban J connectivity index is 1.93. The normalized spacial score (nSPS) is 35.3. The van der Waals surface area contributed by atoms with Crippen molar-refractivity contribution >= 4 is 5.91 Å². The van der Waals surface area contributed by atoms with Gasteiger partial charge < -0.3 is 20.4 Å². The summed E-state index contributed by atoms with van der Waals surface area (Å²) in [4.78, 5) is 14.6. The van der Waals surface area contributed by atoms with Gasteiger partial charge in [-0.05, 0) is 25.3 Å². The van der Waals surface area contributed by atoms with Crippen molar-refractivity contribution in [3.8, 4) is 0 Å². The molecule has 5 heteroatoms. The molecule has 1 amide bonds. The van der Waals surface area contributed by atoms with Gasteiger partial charge in [-0.3, -0.25) is 4.79 Å². The molecule has 126 valence electrons. The minimum absolute atomic E-state index is 0.0875. The molecular formula is C18H26N2O3. The summed E-state index contributed by atoms with van der Waals surface area (Å²) in [6, 6.07) is 10.0. The lowest BCUT2D eigenvalue weighted by atomic mass is 9.83. The second-order valence-electron chi connectivity index (χ2n) is 7.01. The molecule has 5 nitrogen and oxygen atoms in total. The van der Waals surface area contributed by atoms with Gasteiger partial charge in [-0.25, -0.2) is 0 Å². The van der Waals surface area contributed by atoms with Gasteiger partial charge in [0.1, 0.15) is 0 Å². The van der Waals surface area contributed by atoms with Crippen molar-refractivity contribution in [1.82, 2.24) is 10.2 Å². The summed E-state index contributed by atoms with van der Waals surface area (Å²) in [7, 11) is 0. The number of aliphatic hydroxyl groups excluding tert-OH is 2. The van der Waals surface area contributed by atoms with E-state index >= 15 is 0 Å². The topological polar surface area (TPSA) is 72.8 Å². The van der Waals surface area contributed by atoms with Gasteiger partial charge >= 0.3 is 0 Å². The first-order valence-electron chi connectivity index (χ1n) is 8.44. The number of carbonyl (C=O) groups is 1. The first-order valence-corrected chi connectivity index (χ1v) is 8.44. The molecule has 0 spiro atoms. The van der Waals surface area contributed by atoms with Crippen LogP contribution in [0.5, 0.6) is 0 Å². The van der Waals surface area contributed by atoms with E-state index in [1.165, 1.54) is 0 Å². The Labute approximate surface area is 137 Å². The lowest BCUT2D eigenvalue weighted by Crippen LogP contribution is -2.59. The fraction of sp³-hybridized carbons (Fsp3) is 0.611. The van der Waals surface area contributed by atoms with Crippen molar-refractivity contribution in [2.45, 2.75) is 62.9 Å². The third kappa shape index (κ3) is 3.27. The summed E-state index contributed by atoms with van der Waals surface area (Å²) in [5, 5.41) is 23.7. The van der Waals surface area contributed by atoms with Crippen LogP contribution in [-0.4, -0.2) is 51.4 Å². The number of rotatable bonds is 2. The molecule has 23 heavy (non-hydrogen) atoms. The molecule has 2 aliphatic heterocycles. The van der Waals surface area contributed by atoms with Crippen LogP contribution in [-0.2, 0) is 11.3 Å². The summed E-state index contributed by atoms with van der Waals surface area (Å²) < 4.78 is 0. The number of β-amino-alcohol motifs (C(OH)–C–C–N with tert-alkyl or cyclic N) is 1. The highest BCUT2D eigenvalue weighted by molar-refractivity contribution is 5.77. The molecule has 2 fully saturated rings. The second kappa shape index (κ2) is 6.59. The van der Waals surface area contributed by atoms with Crippen LogP contribution in [0, 0.1) is 0 Å². The number of amides is 1. The number of likely N-dealkylation sites (tertiary alicyclic amines) is 1. The molecule has 0 aliphatic carbocycles.